The molecular weight excluding hydrogens is 156 g/mol. The van der Waals surface area contributed by atoms with E-state index in [1.165, 1.54) is 31.6 Å². The normalized spacial score (nSPS) is 13.9. The molecule has 0 spiro atoms. The van der Waals surface area contributed by atoms with E-state index in [1.807, 2.05) is 0 Å². The van der Waals surface area contributed by atoms with Gasteiger partial charge in [0, 0.05) is 5.38 Å². The molecule has 0 nitrogen and oxygen atoms in total. The van der Waals surface area contributed by atoms with Gasteiger partial charge in [-0.25, -0.2) is 0 Å². The Kier molecular flexibility index (Phi) is 7.15. The van der Waals surface area contributed by atoms with Crippen molar-refractivity contribution in [3.05, 3.63) is 5.92 Å². The number of rotatable bonds is 6. The van der Waals surface area contributed by atoms with Crippen molar-refractivity contribution in [2.45, 2.75) is 58.3 Å². The van der Waals surface area contributed by atoms with Crippen LogP contribution in [0.4, 0.5) is 0 Å². The summed E-state index contributed by atoms with van der Waals surface area (Å²) in [6.07, 6.45) is 6.44. The van der Waals surface area contributed by atoms with Crippen LogP contribution in [-0.4, -0.2) is 5.38 Å². The highest BCUT2D eigenvalue weighted by Gasteiger charge is 2.08. The highest BCUT2D eigenvalue weighted by atomic mass is 35.5. The minimum atomic E-state index is 0.312. The van der Waals surface area contributed by atoms with Crippen LogP contribution in [0.5, 0.6) is 0 Å². The van der Waals surface area contributed by atoms with E-state index in [-0.39, 0.29) is 0 Å². The highest BCUT2D eigenvalue weighted by Crippen LogP contribution is 2.18. The van der Waals surface area contributed by atoms with Crippen LogP contribution in [0.15, 0.2) is 0 Å². The Morgan fingerprint density at radius 3 is 2.27 bits per heavy atom. The second-order valence-electron chi connectivity index (χ2n) is 3.39. The monoisotopic (exact) mass is 175 g/mol. The molecule has 0 aliphatic heterocycles. The fourth-order valence-electron chi connectivity index (χ4n) is 1.04. The highest BCUT2D eigenvalue weighted by molar-refractivity contribution is 6.21. The Labute approximate surface area is 76.3 Å². The van der Waals surface area contributed by atoms with Gasteiger partial charge in [0.15, 0.2) is 0 Å². The SMILES string of the molecule is CCCCCCC(Cl)[C](C)C. The van der Waals surface area contributed by atoms with E-state index in [0.29, 0.717) is 5.38 Å². The summed E-state index contributed by atoms with van der Waals surface area (Å²) in [5.74, 6) is 1.35. The lowest BCUT2D eigenvalue weighted by atomic mass is 10.0. The molecule has 0 amide bonds. The summed E-state index contributed by atoms with van der Waals surface area (Å²) < 4.78 is 0. The number of alkyl halides is 1. The zero-order valence-electron chi connectivity index (χ0n) is 7.99. The van der Waals surface area contributed by atoms with E-state index < -0.39 is 0 Å². The van der Waals surface area contributed by atoms with Gasteiger partial charge in [0.05, 0.1) is 0 Å². The Bertz CT molecular complexity index is 78.9. The maximum atomic E-state index is 6.06. The van der Waals surface area contributed by atoms with E-state index in [4.69, 9.17) is 11.6 Å². The zero-order valence-corrected chi connectivity index (χ0v) is 8.75. The fraction of sp³-hybridized carbons (Fsp3) is 0.900. The first-order valence-corrected chi connectivity index (χ1v) is 5.06. The molecule has 0 fully saturated rings. The standard InChI is InChI=1S/C10H20Cl/c1-4-5-6-7-8-10(11)9(2)3/h10H,4-8H2,1-3H3. The quantitative estimate of drug-likeness (QED) is 0.420. The van der Waals surface area contributed by atoms with Crippen molar-refractivity contribution >= 4 is 11.6 Å². The van der Waals surface area contributed by atoms with Crippen LogP contribution >= 0.6 is 11.6 Å². The summed E-state index contributed by atoms with van der Waals surface area (Å²) >= 11 is 6.06. The van der Waals surface area contributed by atoms with Crippen LogP contribution in [0.3, 0.4) is 0 Å². The molecule has 0 saturated carbocycles. The van der Waals surface area contributed by atoms with Gasteiger partial charge in [-0.3, -0.25) is 0 Å². The number of unbranched alkanes of at least 4 members (excludes halogenated alkanes) is 3. The van der Waals surface area contributed by atoms with Gasteiger partial charge in [-0.05, 0) is 12.3 Å². The Morgan fingerprint density at radius 1 is 1.18 bits per heavy atom. The minimum absolute atomic E-state index is 0.312. The fourth-order valence-corrected chi connectivity index (χ4v) is 1.19. The summed E-state index contributed by atoms with van der Waals surface area (Å²) in [7, 11) is 0. The van der Waals surface area contributed by atoms with Crippen molar-refractivity contribution in [3.8, 4) is 0 Å². The maximum absolute atomic E-state index is 6.06. The van der Waals surface area contributed by atoms with Crippen LogP contribution < -0.4 is 0 Å². The molecule has 0 saturated heterocycles. The second-order valence-corrected chi connectivity index (χ2v) is 3.92. The average Bonchev–Trinajstić information content (AvgIpc) is 1.97. The molecule has 0 rings (SSSR count). The molecule has 67 valence electrons. The van der Waals surface area contributed by atoms with Crippen molar-refractivity contribution in [2.24, 2.45) is 0 Å². The smallest absolute Gasteiger partial charge is 0.0392 e. The van der Waals surface area contributed by atoms with E-state index in [1.54, 1.807) is 0 Å². The number of halogens is 1. The van der Waals surface area contributed by atoms with E-state index in [9.17, 15) is 0 Å². The van der Waals surface area contributed by atoms with Crippen LogP contribution in [0, 0.1) is 5.92 Å². The Balaban J connectivity index is 3.10. The van der Waals surface area contributed by atoms with Gasteiger partial charge in [-0.2, -0.15) is 0 Å². The zero-order chi connectivity index (χ0) is 8.69. The molecule has 11 heavy (non-hydrogen) atoms. The molecule has 1 radical (unpaired) electrons. The van der Waals surface area contributed by atoms with Crippen LogP contribution in [0.2, 0.25) is 0 Å². The average molecular weight is 176 g/mol. The summed E-state index contributed by atoms with van der Waals surface area (Å²) in [5, 5.41) is 0.312. The molecule has 0 aliphatic carbocycles. The lowest BCUT2D eigenvalue weighted by molar-refractivity contribution is 0.618. The van der Waals surface area contributed by atoms with Crippen molar-refractivity contribution < 1.29 is 0 Å². The van der Waals surface area contributed by atoms with Gasteiger partial charge >= 0.3 is 0 Å². The van der Waals surface area contributed by atoms with Crippen LogP contribution in [0.1, 0.15) is 52.9 Å². The third-order valence-electron chi connectivity index (χ3n) is 1.94. The number of hydrogen-bond donors (Lipinski definition) is 0. The third kappa shape index (κ3) is 6.68. The number of hydrogen-bond acceptors (Lipinski definition) is 0. The topological polar surface area (TPSA) is 0 Å². The largest absolute Gasteiger partial charge is 0.122 e. The van der Waals surface area contributed by atoms with Crippen LogP contribution in [0.25, 0.3) is 0 Å². The van der Waals surface area contributed by atoms with Gasteiger partial charge in [0.1, 0.15) is 0 Å². The van der Waals surface area contributed by atoms with Crippen molar-refractivity contribution in [1.82, 2.24) is 0 Å². The Morgan fingerprint density at radius 2 is 1.82 bits per heavy atom. The predicted octanol–water partition coefficient (Wildman–Crippen LogP) is 4.18. The summed E-state index contributed by atoms with van der Waals surface area (Å²) in [4.78, 5) is 0. The van der Waals surface area contributed by atoms with Gasteiger partial charge in [0.2, 0.25) is 0 Å². The molecular formula is C10H20Cl. The molecule has 0 aliphatic rings. The first-order valence-electron chi connectivity index (χ1n) is 4.62. The van der Waals surface area contributed by atoms with Crippen LogP contribution in [-0.2, 0) is 0 Å². The maximum Gasteiger partial charge on any atom is 0.0392 e. The molecule has 1 atom stereocenters. The van der Waals surface area contributed by atoms with Crippen molar-refractivity contribution in [3.63, 3.8) is 0 Å². The van der Waals surface area contributed by atoms with E-state index in [0.717, 1.165) is 6.42 Å². The minimum Gasteiger partial charge on any atom is -0.122 e. The lowest BCUT2D eigenvalue weighted by Crippen LogP contribution is -2.04. The molecule has 0 aromatic carbocycles. The van der Waals surface area contributed by atoms with E-state index in [2.05, 4.69) is 20.8 Å². The molecule has 0 heterocycles. The molecule has 0 N–H and O–H groups in total. The second kappa shape index (κ2) is 6.97. The first-order chi connectivity index (χ1) is 5.18. The molecule has 1 unspecified atom stereocenters. The molecule has 0 aromatic heterocycles. The summed E-state index contributed by atoms with van der Waals surface area (Å²) in [5.41, 5.74) is 0. The first kappa shape index (κ1) is 11.3. The third-order valence-corrected chi connectivity index (χ3v) is 2.59. The van der Waals surface area contributed by atoms with Gasteiger partial charge < -0.3 is 0 Å². The summed E-state index contributed by atoms with van der Waals surface area (Å²) in [6, 6.07) is 0. The van der Waals surface area contributed by atoms with Gasteiger partial charge in [-0.1, -0.05) is 46.5 Å². The van der Waals surface area contributed by atoms with Crippen molar-refractivity contribution in [1.29, 1.82) is 0 Å². The van der Waals surface area contributed by atoms with Gasteiger partial charge in [0.25, 0.3) is 0 Å². The molecule has 0 bridgehead atoms. The van der Waals surface area contributed by atoms with E-state index >= 15 is 0 Å². The molecule has 1 heteroatoms. The predicted molar refractivity (Wildman–Crippen MR) is 53.0 cm³/mol. The van der Waals surface area contributed by atoms with Gasteiger partial charge in [-0.15, -0.1) is 11.6 Å². The molecule has 0 aromatic rings. The lowest BCUT2D eigenvalue weighted by Gasteiger charge is -2.11. The van der Waals surface area contributed by atoms with Crippen molar-refractivity contribution in [2.75, 3.05) is 0 Å². The summed E-state index contributed by atoms with van der Waals surface area (Å²) in [6.45, 7) is 6.45. The Hall–Kier alpha value is 0.290.